The van der Waals surface area contributed by atoms with E-state index in [2.05, 4.69) is 85.3 Å². The van der Waals surface area contributed by atoms with Crippen molar-refractivity contribution < 1.29 is 4.79 Å². The lowest BCUT2D eigenvalue weighted by molar-refractivity contribution is -0.120. The molecule has 1 atom stereocenters. The predicted molar refractivity (Wildman–Crippen MR) is 118 cm³/mol. The highest BCUT2D eigenvalue weighted by molar-refractivity contribution is 5.96. The maximum atomic E-state index is 13.0. The number of nitrogens with zero attached hydrogens (tertiary/aromatic N) is 2. The summed E-state index contributed by atoms with van der Waals surface area (Å²) < 4.78 is 0. The largest absolute Gasteiger partial charge is 0.369 e. The second-order valence-corrected chi connectivity index (χ2v) is 8.17. The highest BCUT2D eigenvalue weighted by atomic mass is 16.2. The fourth-order valence-electron chi connectivity index (χ4n) is 4.00. The number of carbonyl (C=O) groups is 1. The fraction of sp³-hybridized carbons (Fsp3) is 0.458. The topological polar surface area (TPSA) is 35.6 Å². The molecule has 1 N–H and O–H groups in total. The van der Waals surface area contributed by atoms with Gasteiger partial charge in [0.15, 0.2) is 0 Å². The third kappa shape index (κ3) is 4.39. The molecule has 1 aliphatic rings. The molecule has 150 valence electrons. The minimum absolute atomic E-state index is 0.0838. The van der Waals surface area contributed by atoms with Crippen molar-refractivity contribution in [2.45, 2.75) is 46.6 Å². The Morgan fingerprint density at radius 1 is 0.893 bits per heavy atom. The molecule has 1 amide bonds. The molecule has 4 nitrogen and oxygen atoms in total. The summed E-state index contributed by atoms with van der Waals surface area (Å²) in [6.45, 7) is 14.3. The summed E-state index contributed by atoms with van der Waals surface area (Å²) in [5.74, 6) is 0.462. The number of benzene rings is 2. The average molecular weight is 380 g/mol. The number of aryl methyl sites for hydroxylation is 2. The van der Waals surface area contributed by atoms with Crippen LogP contribution in [0.1, 0.15) is 43.4 Å². The van der Waals surface area contributed by atoms with E-state index in [1.807, 2.05) is 6.92 Å². The van der Waals surface area contributed by atoms with Gasteiger partial charge in [0.05, 0.1) is 6.04 Å². The average Bonchev–Trinajstić information content (AvgIpc) is 2.69. The Morgan fingerprint density at radius 3 is 2.18 bits per heavy atom. The Balaban J connectivity index is 1.64. The van der Waals surface area contributed by atoms with Gasteiger partial charge in [-0.05, 0) is 49.4 Å². The molecule has 4 heteroatoms. The van der Waals surface area contributed by atoms with Crippen LogP contribution in [-0.2, 0) is 4.79 Å². The van der Waals surface area contributed by atoms with Crippen LogP contribution < -0.4 is 10.2 Å². The third-order valence-corrected chi connectivity index (χ3v) is 5.87. The molecule has 0 aliphatic carbocycles. The Hall–Kier alpha value is -2.33. The van der Waals surface area contributed by atoms with Gasteiger partial charge in [0.1, 0.15) is 0 Å². The van der Waals surface area contributed by atoms with Crippen LogP contribution in [0.15, 0.2) is 42.5 Å². The molecule has 1 heterocycles. The molecule has 1 saturated heterocycles. The highest BCUT2D eigenvalue weighted by Crippen LogP contribution is 2.28. The number of carbonyl (C=O) groups excluding carboxylic acids is 1. The summed E-state index contributed by atoms with van der Waals surface area (Å²) in [7, 11) is 0. The van der Waals surface area contributed by atoms with Crippen LogP contribution in [0.25, 0.3) is 0 Å². The van der Waals surface area contributed by atoms with E-state index in [9.17, 15) is 4.79 Å². The quantitative estimate of drug-likeness (QED) is 0.826. The van der Waals surface area contributed by atoms with Crippen molar-refractivity contribution in [3.8, 4) is 0 Å². The lowest BCUT2D eigenvalue weighted by Gasteiger charge is -2.39. The Kier molecular flexibility index (Phi) is 6.40. The van der Waals surface area contributed by atoms with E-state index in [0.29, 0.717) is 5.92 Å². The summed E-state index contributed by atoms with van der Waals surface area (Å²) in [4.78, 5) is 17.7. The van der Waals surface area contributed by atoms with Gasteiger partial charge in [0.25, 0.3) is 0 Å². The van der Waals surface area contributed by atoms with E-state index < -0.39 is 0 Å². The number of amides is 1. The van der Waals surface area contributed by atoms with Crippen LogP contribution in [0.2, 0.25) is 0 Å². The summed E-state index contributed by atoms with van der Waals surface area (Å²) in [6, 6.07) is 14.6. The minimum Gasteiger partial charge on any atom is -0.369 e. The minimum atomic E-state index is -0.140. The maximum Gasteiger partial charge on any atom is 0.241 e. The van der Waals surface area contributed by atoms with Gasteiger partial charge in [-0.2, -0.15) is 0 Å². The maximum absolute atomic E-state index is 13.0. The van der Waals surface area contributed by atoms with Gasteiger partial charge < -0.3 is 10.2 Å². The zero-order valence-electron chi connectivity index (χ0n) is 17.8. The first-order valence-corrected chi connectivity index (χ1v) is 10.3. The lowest BCUT2D eigenvalue weighted by atomic mass is 9.98. The van der Waals surface area contributed by atoms with Crippen molar-refractivity contribution in [1.29, 1.82) is 0 Å². The molecule has 3 rings (SSSR count). The number of para-hydroxylation sites is 2. The van der Waals surface area contributed by atoms with Crippen LogP contribution in [0.5, 0.6) is 0 Å². The lowest BCUT2D eigenvalue weighted by Crippen LogP contribution is -2.53. The van der Waals surface area contributed by atoms with Crippen molar-refractivity contribution in [1.82, 2.24) is 4.90 Å². The van der Waals surface area contributed by atoms with E-state index in [1.165, 1.54) is 16.8 Å². The summed E-state index contributed by atoms with van der Waals surface area (Å²) in [6.07, 6.45) is 0. The molecule has 0 radical (unpaired) electrons. The molecule has 0 spiro atoms. The first-order valence-electron chi connectivity index (χ1n) is 10.3. The van der Waals surface area contributed by atoms with E-state index in [1.54, 1.807) is 0 Å². The summed E-state index contributed by atoms with van der Waals surface area (Å²) in [5, 5.41) is 3.22. The van der Waals surface area contributed by atoms with Gasteiger partial charge in [-0.15, -0.1) is 0 Å². The Morgan fingerprint density at radius 2 is 1.54 bits per heavy atom. The van der Waals surface area contributed by atoms with Gasteiger partial charge >= 0.3 is 0 Å². The number of hydrogen-bond donors (Lipinski definition) is 1. The number of hydrogen-bond acceptors (Lipinski definition) is 3. The second kappa shape index (κ2) is 8.78. The molecule has 28 heavy (non-hydrogen) atoms. The zero-order valence-corrected chi connectivity index (χ0v) is 17.8. The van der Waals surface area contributed by atoms with Crippen molar-refractivity contribution in [2.24, 2.45) is 0 Å². The molecule has 0 saturated carbocycles. The molecule has 1 fully saturated rings. The number of anilines is 2. The van der Waals surface area contributed by atoms with E-state index in [0.717, 1.165) is 37.4 Å². The molecular weight excluding hydrogens is 346 g/mol. The monoisotopic (exact) mass is 379 g/mol. The van der Waals surface area contributed by atoms with Crippen LogP contribution >= 0.6 is 0 Å². The standard InChI is InChI=1S/C24H33N3O/c1-17(2)21-11-8-10-19(4)23(21)25-24(28)20(5)26-13-15-27(16-14-26)22-12-7-6-9-18(22)3/h6-12,17,20H,13-16H2,1-5H3,(H,25,28)/t20-/m1/s1. The molecule has 0 bridgehead atoms. The summed E-state index contributed by atoms with van der Waals surface area (Å²) >= 11 is 0. The smallest absolute Gasteiger partial charge is 0.241 e. The van der Waals surface area contributed by atoms with Crippen LogP contribution in [-0.4, -0.2) is 43.0 Å². The van der Waals surface area contributed by atoms with E-state index >= 15 is 0 Å². The van der Waals surface area contributed by atoms with Crippen molar-refractivity contribution in [3.63, 3.8) is 0 Å². The van der Waals surface area contributed by atoms with Gasteiger partial charge in [-0.3, -0.25) is 9.69 Å². The number of rotatable bonds is 5. The van der Waals surface area contributed by atoms with Crippen molar-refractivity contribution in [2.75, 3.05) is 36.4 Å². The Labute approximate surface area is 169 Å². The fourth-order valence-corrected chi connectivity index (χ4v) is 4.00. The molecule has 2 aromatic carbocycles. The van der Waals surface area contributed by atoms with Crippen molar-refractivity contribution >= 4 is 17.3 Å². The highest BCUT2D eigenvalue weighted by Gasteiger charge is 2.27. The third-order valence-electron chi connectivity index (χ3n) is 5.87. The second-order valence-electron chi connectivity index (χ2n) is 8.17. The first-order chi connectivity index (χ1) is 13.4. The van der Waals surface area contributed by atoms with Gasteiger partial charge in [0, 0.05) is 37.6 Å². The van der Waals surface area contributed by atoms with E-state index in [-0.39, 0.29) is 11.9 Å². The Bertz CT molecular complexity index is 822. The molecule has 0 aromatic heterocycles. The molecule has 2 aromatic rings. The van der Waals surface area contributed by atoms with Gasteiger partial charge in [0.2, 0.25) is 5.91 Å². The number of piperazine rings is 1. The SMILES string of the molecule is Cc1ccccc1N1CCN([C@H](C)C(=O)Nc2c(C)cccc2C(C)C)CC1. The van der Waals surface area contributed by atoms with E-state index in [4.69, 9.17) is 0 Å². The van der Waals surface area contributed by atoms with Crippen LogP contribution in [0, 0.1) is 13.8 Å². The first kappa shape index (κ1) is 20.4. The predicted octanol–water partition coefficient (Wildman–Crippen LogP) is 4.58. The molecule has 1 aliphatic heterocycles. The van der Waals surface area contributed by atoms with Crippen LogP contribution in [0.3, 0.4) is 0 Å². The van der Waals surface area contributed by atoms with Gasteiger partial charge in [-0.1, -0.05) is 50.2 Å². The summed E-state index contributed by atoms with van der Waals surface area (Å²) in [5.41, 5.74) is 5.91. The number of nitrogens with one attached hydrogen (secondary N) is 1. The van der Waals surface area contributed by atoms with Crippen molar-refractivity contribution in [3.05, 3.63) is 59.2 Å². The molecule has 0 unspecified atom stereocenters. The van der Waals surface area contributed by atoms with Crippen LogP contribution in [0.4, 0.5) is 11.4 Å². The zero-order chi connectivity index (χ0) is 20.3. The van der Waals surface area contributed by atoms with Gasteiger partial charge in [-0.25, -0.2) is 0 Å². The molecular formula is C24H33N3O. The normalized spacial score (nSPS) is 16.3.